The molecule has 2 N–H and O–H groups in total. The standard InChI is InChI=1S/C9H17NO5S/c1-8(2)9(11)15-6-5-10-4-3-7-16(12,13)14/h10H,1,3-7H2,2H3,(H,12,13,14). The van der Waals surface area contributed by atoms with Crippen LogP contribution in [0.3, 0.4) is 0 Å². The van der Waals surface area contributed by atoms with E-state index in [1.807, 2.05) is 0 Å². The Morgan fingerprint density at radius 1 is 1.44 bits per heavy atom. The Bertz CT molecular complexity index is 336. The van der Waals surface area contributed by atoms with Gasteiger partial charge in [0.25, 0.3) is 10.1 Å². The molecule has 0 aromatic heterocycles. The van der Waals surface area contributed by atoms with E-state index in [4.69, 9.17) is 9.29 Å². The number of carbonyl (C=O) groups is 1. The molecular weight excluding hydrogens is 234 g/mol. The molecule has 0 heterocycles. The van der Waals surface area contributed by atoms with Gasteiger partial charge >= 0.3 is 5.97 Å². The largest absolute Gasteiger partial charge is 0.461 e. The Labute approximate surface area is 95.4 Å². The van der Waals surface area contributed by atoms with Crippen LogP contribution in [0.15, 0.2) is 12.2 Å². The first-order valence-electron chi connectivity index (χ1n) is 4.81. The van der Waals surface area contributed by atoms with Crippen LogP contribution in [0.5, 0.6) is 0 Å². The minimum atomic E-state index is -3.88. The molecule has 0 spiro atoms. The Kier molecular flexibility index (Phi) is 6.95. The van der Waals surface area contributed by atoms with Crippen LogP contribution in [0.25, 0.3) is 0 Å². The number of hydrogen-bond donors (Lipinski definition) is 2. The molecule has 0 fully saturated rings. The summed E-state index contributed by atoms with van der Waals surface area (Å²) in [6.07, 6.45) is 0.313. The lowest BCUT2D eigenvalue weighted by molar-refractivity contribution is -0.138. The molecule has 0 unspecified atom stereocenters. The molecule has 0 radical (unpaired) electrons. The summed E-state index contributed by atoms with van der Waals surface area (Å²) in [5.41, 5.74) is 0.339. The second kappa shape index (κ2) is 7.37. The molecule has 0 rings (SSSR count). The molecule has 0 saturated heterocycles. The van der Waals surface area contributed by atoms with Gasteiger partial charge in [0, 0.05) is 12.1 Å². The third kappa shape index (κ3) is 9.63. The van der Waals surface area contributed by atoms with Crippen LogP contribution in [0.4, 0.5) is 0 Å². The average Bonchev–Trinajstić information content (AvgIpc) is 2.14. The van der Waals surface area contributed by atoms with Crippen molar-refractivity contribution in [3.63, 3.8) is 0 Å². The molecule has 0 aliphatic heterocycles. The van der Waals surface area contributed by atoms with E-state index in [0.717, 1.165) is 0 Å². The van der Waals surface area contributed by atoms with Crippen molar-refractivity contribution in [1.29, 1.82) is 0 Å². The molecular formula is C9H17NO5S. The average molecular weight is 251 g/mol. The van der Waals surface area contributed by atoms with E-state index in [-0.39, 0.29) is 12.4 Å². The zero-order chi connectivity index (χ0) is 12.6. The first-order chi connectivity index (χ1) is 7.33. The molecule has 0 atom stereocenters. The SMILES string of the molecule is C=C(C)C(=O)OCCNCCCS(=O)(=O)O. The highest BCUT2D eigenvalue weighted by atomic mass is 32.2. The lowest BCUT2D eigenvalue weighted by Crippen LogP contribution is -2.24. The summed E-state index contributed by atoms with van der Waals surface area (Å²) in [5, 5.41) is 2.87. The molecule has 0 aromatic rings. The Morgan fingerprint density at radius 3 is 2.56 bits per heavy atom. The van der Waals surface area contributed by atoms with Gasteiger partial charge in [-0.05, 0) is 19.9 Å². The monoisotopic (exact) mass is 251 g/mol. The fourth-order valence-electron chi connectivity index (χ4n) is 0.844. The van der Waals surface area contributed by atoms with Crippen molar-refractivity contribution in [3.05, 3.63) is 12.2 Å². The van der Waals surface area contributed by atoms with Gasteiger partial charge in [-0.3, -0.25) is 4.55 Å². The molecule has 0 aromatic carbocycles. The third-order valence-electron chi connectivity index (χ3n) is 1.62. The Balaban J connectivity index is 3.35. The van der Waals surface area contributed by atoms with Crippen molar-refractivity contribution in [2.24, 2.45) is 0 Å². The number of ether oxygens (including phenoxy) is 1. The summed E-state index contributed by atoms with van der Waals surface area (Å²) in [4.78, 5) is 10.9. The van der Waals surface area contributed by atoms with Gasteiger partial charge in [-0.25, -0.2) is 4.79 Å². The maximum Gasteiger partial charge on any atom is 0.333 e. The van der Waals surface area contributed by atoms with Gasteiger partial charge in [0.05, 0.1) is 5.75 Å². The van der Waals surface area contributed by atoms with Crippen molar-refractivity contribution in [2.45, 2.75) is 13.3 Å². The normalized spacial score (nSPS) is 11.1. The molecule has 6 nitrogen and oxygen atoms in total. The van der Waals surface area contributed by atoms with Crippen LogP contribution in [-0.2, 0) is 19.6 Å². The molecule has 94 valence electrons. The summed E-state index contributed by atoms with van der Waals surface area (Å²) < 4.78 is 33.9. The number of rotatable bonds is 8. The molecule has 0 aliphatic carbocycles. The van der Waals surface area contributed by atoms with E-state index in [2.05, 4.69) is 11.9 Å². The van der Waals surface area contributed by atoms with E-state index in [9.17, 15) is 13.2 Å². The lowest BCUT2D eigenvalue weighted by Gasteiger charge is -2.05. The number of nitrogens with one attached hydrogen (secondary N) is 1. The quantitative estimate of drug-likeness (QED) is 0.272. The minimum absolute atomic E-state index is 0.206. The van der Waals surface area contributed by atoms with Gasteiger partial charge < -0.3 is 10.1 Å². The van der Waals surface area contributed by atoms with E-state index < -0.39 is 16.1 Å². The van der Waals surface area contributed by atoms with Crippen molar-refractivity contribution < 1.29 is 22.5 Å². The van der Waals surface area contributed by atoms with Crippen molar-refractivity contribution in [1.82, 2.24) is 5.32 Å². The van der Waals surface area contributed by atoms with Crippen molar-refractivity contribution in [2.75, 3.05) is 25.4 Å². The highest BCUT2D eigenvalue weighted by molar-refractivity contribution is 7.85. The Morgan fingerprint density at radius 2 is 2.06 bits per heavy atom. The fraction of sp³-hybridized carbons (Fsp3) is 0.667. The Hall–Kier alpha value is -0.920. The van der Waals surface area contributed by atoms with Gasteiger partial charge in [-0.15, -0.1) is 0 Å². The van der Waals surface area contributed by atoms with Crippen LogP contribution in [0.2, 0.25) is 0 Å². The van der Waals surface area contributed by atoms with Gasteiger partial charge in [-0.1, -0.05) is 6.58 Å². The van der Waals surface area contributed by atoms with Gasteiger partial charge in [0.2, 0.25) is 0 Å². The first-order valence-corrected chi connectivity index (χ1v) is 6.42. The minimum Gasteiger partial charge on any atom is -0.461 e. The van der Waals surface area contributed by atoms with Crippen LogP contribution in [0.1, 0.15) is 13.3 Å². The smallest absolute Gasteiger partial charge is 0.333 e. The van der Waals surface area contributed by atoms with E-state index in [0.29, 0.717) is 25.1 Å². The third-order valence-corrected chi connectivity index (χ3v) is 2.42. The molecule has 0 bridgehead atoms. The molecule has 0 aliphatic rings. The zero-order valence-corrected chi connectivity index (χ0v) is 10.0. The molecule has 16 heavy (non-hydrogen) atoms. The zero-order valence-electron chi connectivity index (χ0n) is 9.23. The van der Waals surface area contributed by atoms with E-state index in [1.165, 1.54) is 0 Å². The summed E-state index contributed by atoms with van der Waals surface area (Å²) in [7, 11) is -3.88. The first kappa shape index (κ1) is 15.1. The summed E-state index contributed by atoms with van der Waals surface area (Å²) in [6, 6.07) is 0. The van der Waals surface area contributed by atoms with E-state index in [1.54, 1.807) is 6.92 Å². The number of esters is 1. The van der Waals surface area contributed by atoms with Crippen LogP contribution >= 0.6 is 0 Å². The topological polar surface area (TPSA) is 92.7 Å². The highest BCUT2D eigenvalue weighted by Gasteiger charge is 2.03. The van der Waals surface area contributed by atoms with Gasteiger partial charge in [0.15, 0.2) is 0 Å². The van der Waals surface area contributed by atoms with Crippen LogP contribution in [0, 0.1) is 0 Å². The van der Waals surface area contributed by atoms with E-state index >= 15 is 0 Å². The summed E-state index contributed by atoms with van der Waals surface area (Å²) in [5.74, 6) is -0.717. The van der Waals surface area contributed by atoms with Crippen molar-refractivity contribution in [3.8, 4) is 0 Å². The van der Waals surface area contributed by atoms with Crippen LogP contribution < -0.4 is 5.32 Å². The van der Waals surface area contributed by atoms with Gasteiger partial charge in [0.1, 0.15) is 6.61 Å². The number of carbonyl (C=O) groups excluding carboxylic acids is 1. The van der Waals surface area contributed by atoms with Crippen LogP contribution in [-0.4, -0.2) is 44.4 Å². The summed E-state index contributed by atoms with van der Waals surface area (Å²) in [6.45, 7) is 6.05. The number of hydrogen-bond acceptors (Lipinski definition) is 5. The second-order valence-electron chi connectivity index (χ2n) is 3.31. The van der Waals surface area contributed by atoms with Gasteiger partial charge in [-0.2, -0.15) is 8.42 Å². The fourth-order valence-corrected chi connectivity index (χ4v) is 1.35. The maximum absolute atomic E-state index is 10.9. The lowest BCUT2D eigenvalue weighted by atomic mass is 10.4. The highest BCUT2D eigenvalue weighted by Crippen LogP contribution is 1.91. The maximum atomic E-state index is 10.9. The second-order valence-corrected chi connectivity index (χ2v) is 4.88. The predicted molar refractivity (Wildman–Crippen MR) is 59.7 cm³/mol. The predicted octanol–water partition coefficient (Wildman–Crippen LogP) is -0.0268. The summed E-state index contributed by atoms with van der Waals surface area (Å²) >= 11 is 0. The molecule has 7 heteroatoms. The molecule has 0 amide bonds. The molecule has 0 saturated carbocycles. The van der Waals surface area contributed by atoms with Crippen molar-refractivity contribution >= 4 is 16.1 Å².